The van der Waals surface area contributed by atoms with Crippen LogP contribution in [-0.4, -0.2) is 31.0 Å². The first-order valence-electron chi connectivity index (χ1n) is 9.64. The molecule has 1 N–H and O–H groups in total. The number of carbonyl (C=O) groups is 1. The van der Waals surface area contributed by atoms with Crippen LogP contribution in [0.2, 0.25) is 0 Å². The van der Waals surface area contributed by atoms with Crippen LogP contribution in [0, 0.1) is 16.0 Å². The molecule has 31 heavy (non-hydrogen) atoms. The number of sulfonamides is 1. The highest BCUT2D eigenvalue weighted by Crippen LogP contribution is 2.32. The van der Waals surface area contributed by atoms with Crippen LogP contribution in [0.4, 0.5) is 5.69 Å². The van der Waals surface area contributed by atoms with Gasteiger partial charge in [0.15, 0.2) is 0 Å². The number of fused-ring (bicyclic) bond motifs is 3. The third-order valence-corrected chi connectivity index (χ3v) is 6.00. The number of benzene rings is 2. The van der Waals surface area contributed by atoms with E-state index in [9.17, 15) is 23.3 Å². The van der Waals surface area contributed by atoms with Gasteiger partial charge in [0, 0.05) is 22.9 Å². The summed E-state index contributed by atoms with van der Waals surface area (Å²) in [5.41, 5.74) is -0.346. The molecule has 0 aliphatic carbocycles. The highest BCUT2D eigenvalue weighted by Gasteiger charge is 2.32. The summed E-state index contributed by atoms with van der Waals surface area (Å²) in [5.74, 6) is -1.01. The molecule has 10 heteroatoms. The van der Waals surface area contributed by atoms with Crippen LogP contribution in [0.5, 0.6) is 0 Å². The Bertz CT molecular complexity index is 1270. The van der Waals surface area contributed by atoms with E-state index >= 15 is 0 Å². The third-order valence-electron chi connectivity index (χ3n) is 4.56. The maximum Gasteiger partial charge on any atom is 0.324 e. The van der Waals surface area contributed by atoms with Crippen molar-refractivity contribution in [1.29, 1.82) is 0 Å². The van der Waals surface area contributed by atoms with Crippen LogP contribution in [0.25, 0.3) is 21.9 Å². The maximum atomic E-state index is 13.0. The van der Waals surface area contributed by atoms with Crippen molar-refractivity contribution in [2.75, 3.05) is 0 Å². The third kappa shape index (κ3) is 4.86. The zero-order valence-electron chi connectivity index (χ0n) is 17.8. The molecule has 1 atom stereocenters. The Labute approximate surface area is 179 Å². The summed E-state index contributed by atoms with van der Waals surface area (Å²) in [7, 11) is -4.07. The largest absolute Gasteiger partial charge is 0.459 e. The first-order chi connectivity index (χ1) is 14.3. The van der Waals surface area contributed by atoms with E-state index in [0.29, 0.717) is 10.8 Å². The Hall–Kier alpha value is -2.98. The lowest BCUT2D eigenvalue weighted by Crippen LogP contribution is -2.47. The molecule has 0 saturated heterocycles. The number of nitro benzene ring substituents is 1. The fourth-order valence-electron chi connectivity index (χ4n) is 3.08. The molecule has 0 unspecified atom stereocenters. The van der Waals surface area contributed by atoms with E-state index in [1.165, 1.54) is 24.3 Å². The molecule has 0 saturated carbocycles. The predicted molar refractivity (Wildman–Crippen MR) is 115 cm³/mol. The van der Waals surface area contributed by atoms with Crippen molar-refractivity contribution in [3.8, 4) is 0 Å². The van der Waals surface area contributed by atoms with Crippen LogP contribution >= 0.6 is 0 Å². The van der Waals surface area contributed by atoms with Gasteiger partial charge in [-0.3, -0.25) is 14.9 Å². The lowest BCUT2D eigenvalue weighted by molar-refractivity contribution is -0.384. The topological polar surface area (TPSA) is 129 Å². The smallest absolute Gasteiger partial charge is 0.324 e. The van der Waals surface area contributed by atoms with Gasteiger partial charge >= 0.3 is 5.97 Å². The van der Waals surface area contributed by atoms with E-state index in [1.807, 2.05) is 0 Å². The van der Waals surface area contributed by atoms with Crippen molar-refractivity contribution in [1.82, 2.24) is 4.72 Å². The van der Waals surface area contributed by atoms with E-state index in [2.05, 4.69) is 4.72 Å². The molecular weight excluding hydrogens is 424 g/mol. The van der Waals surface area contributed by atoms with Crippen LogP contribution in [0.1, 0.15) is 34.6 Å². The first-order valence-corrected chi connectivity index (χ1v) is 11.1. The number of nitro groups is 1. The molecule has 0 spiro atoms. The second kappa shape index (κ2) is 7.93. The zero-order chi connectivity index (χ0) is 23.1. The fourth-order valence-corrected chi connectivity index (χ4v) is 4.43. The quantitative estimate of drug-likeness (QED) is 0.341. The number of hydrogen-bond acceptors (Lipinski definition) is 7. The van der Waals surface area contributed by atoms with Crippen LogP contribution < -0.4 is 4.72 Å². The van der Waals surface area contributed by atoms with Gasteiger partial charge in [-0.05, 0) is 44.9 Å². The highest BCUT2D eigenvalue weighted by atomic mass is 32.2. The van der Waals surface area contributed by atoms with Crippen molar-refractivity contribution in [3.63, 3.8) is 0 Å². The van der Waals surface area contributed by atoms with Crippen LogP contribution in [0.3, 0.4) is 0 Å². The van der Waals surface area contributed by atoms with Gasteiger partial charge < -0.3 is 9.15 Å². The summed E-state index contributed by atoms with van der Waals surface area (Å²) in [4.78, 5) is 22.9. The predicted octanol–water partition coefficient (Wildman–Crippen LogP) is 4.14. The normalized spacial score (nSPS) is 13.6. The van der Waals surface area contributed by atoms with Crippen molar-refractivity contribution < 1.29 is 27.3 Å². The van der Waals surface area contributed by atoms with Crippen molar-refractivity contribution >= 4 is 43.6 Å². The minimum atomic E-state index is -4.07. The van der Waals surface area contributed by atoms with Gasteiger partial charge in [0.25, 0.3) is 5.69 Å². The minimum Gasteiger partial charge on any atom is -0.459 e. The molecule has 0 amide bonds. The van der Waals surface area contributed by atoms with Gasteiger partial charge in [0.1, 0.15) is 22.8 Å². The van der Waals surface area contributed by atoms with Crippen LogP contribution in [0.15, 0.2) is 45.7 Å². The maximum absolute atomic E-state index is 13.0. The molecule has 0 bridgehead atoms. The van der Waals surface area contributed by atoms with Gasteiger partial charge in [0.05, 0.1) is 15.9 Å². The average molecular weight is 448 g/mol. The number of non-ortho nitro benzene ring substituents is 1. The summed E-state index contributed by atoms with van der Waals surface area (Å²) >= 11 is 0. The molecule has 3 rings (SSSR count). The second-order valence-corrected chi connectivity index (χ2v) is 10.3. The number of nitrogens with one attached hydrogen (secondary N) is 1. The number of nitrogens with zero attached hydrogens (tertiary/aromatic N) is 1. The molecule has 0 aliphatic rings. The molecule has 1 heterocycles. The highest BCUT2D eigenvalue weighted by molar-refractivity contribution is 7.89. The summed E-state index contributed by atoms with van der Waals surface area (Å²) < 4.78 is 39.4. The standard InChI is InChI=1S/C21H24N2O7S/c1-12(2)19(20(24)30-21(3,4)5)22-31(27,28)14-7-9-16-15-8-6-13(23(25)26)10-17(15)29-18(16)11-14/h6-12,19,22H,1-5H3/t19-/m0/s1. The second-order valence-electron chi connectivity index (χ2n) is 8.57. The SMILES string of the molecule is CC(C)[C@H](NS(=O)(=O)c1ccc2c(c1)oc1cc([N+](=O)[O-])ccc12)C(=O)OC(C)(C)C. The number of rotatable bonds is 6. The van der Waals surface area contributed by atoms with E-state index in [1.54, 1.807) is 46.8 Å². The van der Waals surface area contributed by atoms with Gasteiger partial charge in [-0.15, -0.1) is 0 Å². The molecular formula is C21H24N2O7S. The van der Waals surface area contributed by atoms with E-state index in [-0.39, 0.29) is 27.7 Å². The van der Waals surface area contributed by atoms with Crippen LogP contribution in [-0.2, 0) is 19.6 Å². The summed E-state index contributed by atoms with van der Waals surface area (Å²) in [6.07, 6.45) is 0. The summed E-state index contributed by atoms with van der Waals surface area (Å²) in [6.45, 7) is 8.54. The molecule has 3 aromatic rings. The van der Waals surface area contributed by atoms with Gasteiger partial charge in [-0.25, -0.2) is 8.42 Å². The lowest BCUT2D eigenvalue weighted by Gasteiger charge is -2.26. The monoisotopic (exact) mass is 448 g/mol. The number of carbonyl (C=O) groups excluding carboxylic acids is 1. The molecule has 0 fully saturated rings. The molecule has 0 radical (unpaired) electrons. The minimum absolute atomic E-state index is 0.0947. The summed E-state index contributed by atoms with van der Waals surface area (Å²) in [5, 5.41) is 12.2. The zero-order valence-corrected chi connectivity index (χ0v) is 18.6. The number of esters is 1. The summed E-state index contributed by atoms with van der Waals surface area (Å²) in [6, 6.07) is 7.43. The number of ether oxygens (including phenoxy) is 1. The molecule has 9 nitrogen and oxygen atoms in total. The Morgan fingerprint density at radius 1 is 1.10 bits per heavy atom. The average Bonchev–Trinajstić information content (AvgIpc) is 3.01. The molecule has 0 aliphatic heterocycles. The van der Waals surface area contributed by atoms with Gasteiger partial charge in [-0.1, -0.05) is 13.8 Å². The molecule has 1 aromatic heterocycles. The van der Waals surface area contributed by atoms with Crippen molar-refractivity contribution in [2.45, 2.75) is 51.2 Å². The Balaban J connectivity index is 1.97. The van der Waals surface area contributed by atoms with Gasteiger partial charge in [0.2, 0.25) is 10.0 Å². The fraction of sp³-hybridized carbons (Fsp3) is 0.381. The Kier molecular flexibility index (Phi) is 5.81. The van der Waals surface area contributed by atoms with Crippen molar-refractivity contribution in [2.24, 2.45) is 5.92 Å². The Morgan fingerprint density at radius 3 is 2.23 bits per heavy atom. The Morgan fingerprint density at radius 2 is 1.68 bits per heavy atom. The van der Waals surface area contributed by atoms with Crippen molar-refractivity contribution in [3.05, 3.63) is 46.5 Å². The lowest BCUT2D eigenvalue weighted by atomic mass is 10.1. The number of furan rings is 1. The van der Waals surface area contributed by atoms with E-state index < -0.39 is 32.6 Å². The first kappa shape index (κ1) is 22.7. The van der Waals surface area contributed by atoms with Gasteiger partial charge in [-0.2, -0.15) is 4.72 Å². The molecule has 166 valence electrons. The number of hydrogen-bond donors (Lipinski definition) is 1. The van der Waals surface area contributed by atoms with E-state index in [0.717, 1.165) is 0 Å². The van der Waals surface area contributed by atoms with E-state index in [4.69, 9.17) is 9.15 Å². The molecule has 2 aromatic carbocycles.